The normalized spacial score (nSPS) is 16.0. The molecule has 0 saturated heterocycles. The average molecular weight is 137 g/mol. The van der Waals surface area contributed by atoms with Crippen LogP contribution in [0.2, 0.25) is 0 Å². The van der Waals surface area contributed by atoms with E-state index in [2.05, 4.69) is 4.40 Å². The molecule has 0 aliphatic rings. The van der Waals surface area contributed by atoms with Gasteiger partial charge in [-0.3, -0.25) is 4.55 Å². The predicted molar refractivity (Wildman–Crippen MR) is 31.4 cm³/mol. The van der Waals surface area contributed by atoms with Crippen LogP contribution >= 0.6 is 0 Å². The third-order valence-electron chi connectivity index (χ3n) is 0.404. The van der Waals surface area contributed by atoms with E-state index < -0.39 is 11.3 Å². The molecule has 0 radical (unpaired) electrons. The summed E-state index contributed by atoms with van der Waals surface area (Å²) in [5, 5.41) is 0. The molecule has 0 aromatic heterocycles. The molecule has 6 heteroatoms. The zero-order valence-corrected chi connectivity index (χ0v) is 4.89. The van der Waals surface area contributed by atoms with E-state index in [0.29, 0.717) is 0 Å². The average Bonchev–Trinajstić information content (AvgIpc) is 1.65. The first-order valence-corrected chi connectivity index (χ1v) is 2.87. The van der Waals surface area contributed by atoms with Gasteiger partial charge >= 0.3 is 0 Å². The lowest BCUT2D eigenvalue weighted by Gasteiger charge is -1.87. The topological polar surface area (TPSA) is 102 Å². The zero-order chi connectivity index (χ0) is 6.57. The van der Waals surface area contributed by atoms with Gasteiger partial charge in [-0.2, -0.15) is 0 Å². The molecule has 0 amide bonds. The summed E-state index contributed by atoms with van der Waals surface area (Å²) in [6.07, 6.45) is 0. The number of hydrogen-bond acceptors (Lipinski definition) is 2. The summed E-state index contributed by atoms with van der Waals surface area (Å²) in [6.45, 7) is 0.00625. The molecule has 0 spiro atoms. The van der Waals surface area contributed by atoms with Crippen LogP contribution in [0.15, 0.2) is 4.40 Å². The number of nitrogens with zero attached hydrogens (tertiary/aromatic N) is 1. The van der Waals surface area contributed by atoms with Crippen molar-refractivity contribution in [3.8, 4) is 0 Å². The van der Waals surface area contributed by atoms with Gasteiger partial charge in [0.25, 0.3) is 11.3 Å². The van der Waals surface area contributed by atoms with Gasteiger partial charge in [0.2, 0.25) is 0 Å². The maximum absolute atomic E-state index is 9.76. The van der Waals surface area contributed by atoms with Gasteiger partial charge in [0.05, 0.1) is 6.54 Å². The van der Waals surface area contributed by atoms with Crippen LogP contribution in [0.3, 0.4) is 0 Å². The molecule has 0 saturated carbocycles. The van der Waals surface area contributed by atoms with Crippen molar-refractivity contribution in [1.29, 1.82) is 0 Å². The molecule has 5 N–H and O–H groups in total. The Balaban J connectivity index is 3.75. The van der Waals surface area contributed by atoms with Gasteiger partial charge in [0, 0.05) is 0 Å². The van der Waals surface area contributed by atoms with Gasteiger partial charge in [0.15, 0.2) is 0 Å². The fraction of sp³-hybridized carbons (Fsp3) is 0.500. The van der Waals surface area contributed by atoms with Crippen LogP contribution < -0.4 is 11.5 Å². The lowest BCUT2D eigenvalue weighted by Crippen LogP contribution is -2.23. The Kier molecular flexibility index (Phi) is 3.33. The van der Waals surface area contributed by atoms with Crippen LogP contribution in [0.25, 0.3) is 0 Å². The van der Waals surface area contributed by atoms with Crippen molar-refractivity contribution >= 4 is 17.1 Å². The number of amidine groups is 1. The van der Waals surface area contributed by atoms with Crippen LogP contribution in [-0.2, 0) is 11.3 Å². The molecule has 0 aromatic rings. The Morgan fingerprint density at radius 2 is 2.38 bits per heavy atom. The van der Waals surface area contributed by atoms with Crippen molar-refractivity contribution in [3.05, 3.63) is 0 Å². The van der Waals surface area contributed by atoms with Crippen molar-refractivity contribution in [2.24, 2.45) is 15.9 Å². The Morgan fingerprint density at radius 1 is 1.88 bits per heavy atom. The predicted octanol–water partition coefficient (Wildman–Crippen LogP) is -1.56. The fourth-order valence-electron chi connectivity index (χ4n) is 0.138. The Hall–Kier alpha value is -0.460. The highest BCUT2D eigenvalue weighted by atomic mass is 32.2. The van der Waals surface area contributed by atoms with Crippen molar-refractivity contribution in [3.63, 3.8) is 0 Å². The maximum Gasteiger partial charge on any atom is 0.283 e. The SMILES string of the molecule is NC/C(N)=N/S(=O)O. The van der Waals surface area contributed by atoms with Crippen molar-refractivity contribution in [2.75, 3.05) is 6.54 Å². The first-order chi connectivity index (χ1) is 3.66. The van der Waals surface area contributed by atoms with E-state index in [0.717, 1.165) is 0 Å². The summed E-state index contributed by atoms with van der Waals surface area (Å²) in [5.41, 5.74) is 9.86. The van der Waals surface area contributed by atoms with E-state index in [1.165, 1.54) is 0 Å². The summed E-state index contributed by atoms with van der Waals surface area (Å²) in [4.78, 5) is 0. The Morgan fingerprint density at radius 3 is 2.50 bits per heavy atom. The first-order valence-electron chi connectivity index (χ1n) is 1.81. The van der Waals surface area contributed by atoms with Gasteiger partial charge in [-0.15, -0.1) is 4.40 Å². The molecule has 8 heavy (non-hydrogen) atoms. The summed E-state index contributed by atoms with van der Waals surface area (Å²) in [7, 11) is 0. The molecule has 0 rings (SSSR count). The summed E-state index contributed by atoms with van der Waals surface area (Å²) in [6, 6.07) is 0. The van der Waals surface area contributed by atoms with Crippen molar-refractivity contribution in [1.82, 2.24) is 0 Å². The zero-order valence-electron chi connectivity index (χ0n) is 4.07. The third-order valence-corrected chi connectivity index (χ3v) is 0.795. The van der Waals surface area contributed by atoms with Crippen molar-refractivity contribution < 1.29 is 8.76 Å². The highest BCUT2D eigenvalue weighted by Crippen LogP contribution is 1.72. The fourth-order valence-corrected chi connectivity index (χ4v) is 0.413. The van der Waals surface area contributed by atoms with Crippen LogP contribution in [0.4, 0.5) is 0 Å². The molecule has 0 aromatic carbocycles. The monoisotopic (exact) mass is 137 g/mol. The Labute approximate surface area is 49.2 Å². The molecule has 0 aliphatic carbocycles. The highest BCUT2D eigenvalue weighted by Gasteiger charge is 1.87. The van der Waals surface area contributed by atoms with Crippen LogP contribution in [-0.4, -0.2) is 21.1 Å². The molecule has 0 bridgehead atoms. The summed E-state index contributed by atoms with van der Waals surface area (Å²) in [5.74, 6) is -0.0224. The van der Waals surface area contributed by atoms with E-state index in [1.807, 2.05) is 0 Å². The molecule has 0 fully saturated rings. The lowest BCUT2D eigenvalue weighted by atomic mass is 10.6. The largest absolute Gasteiger partial charge is 0.385 e. The highest BCUT2D eigenvalue weighted by molar-refractivity contribution is 7.78. The van der Waals surface area contributed by atoms with E-state index >= 15 is 0 Å². The molecule has 5 nitrogen and oxygen atoms in total. The van der Waals surface area contributed by atoms with Gasteiger partial charge in [-0.05, 0) is 0 Å². The second-order valence-electron chi connectivity index (χ2n) is 1.02. The van der Waals surface area contributed by atoms with Crippen LogP contribution in [0, 0.1) is 0 Å². The van der Waals surface area contributed by atoms with Gasteiger partial charge < -0.3 is 11.5 Å². The molecule has 1 atom stereocenters. The number of rotatable bonds is 2. The quantitative estimate of drug-likeness (QED) is 0.243. The summed E-state index contributed by atoms with van der Waals surface area (Å²) < 4.78 is 20.8. The van der Waals surface area contributed by atoms with Crippen LogP contribution in [0.1, 0.15) is 0 Å². The smallest absolute Gasteiger partial charge is 0.283 e. The second-order valence-corrected chi connectivity index (χ2v) is 1.66. The standard InChI is InChI=1S/C2H7N3O2S/c3-1-2(4)5-8(6)7/h1,3H2,(H2,4,5)(H,6,7). The molecular weight excluding hydrogens is 130 g/mol. The van der Waals surface area contributed by atoms with Crippen LogP contribution in [0.5, 0.6) is 0 Å². The molecular formula is C2H7N3O2S. The van der Waals surface area contributed by atoms with Gasteiger partial charge in [-0.25, -0.2) is 4.21 Å². The van der Waals surface area contributed by atoms with E-state index in [4.69, 9.17) is 16.0 Å². The minimum atomic E-state index is -2.21. The molecule has 0 aliphatic heterocycles. The maximum atomic E-state index is 9.76. The Bertz CT molecular complexity index is 122. The third kappa shape index (κ3) is 3.72. The minimum Gasteiger partial charge on any atom is -0.385 e. The molecule has 48 valence electrons. The lowest BCUT2D eigenvalue weighted by molar-refractivity contribution is 0.566. The second kappa shape index (κ2) is 3.53. The van der Waals surface area contributed by atoms with Gasteiger partial charge in [0.1, 0.15) is 5.84 Å². The summed E-state index contributed by atoms with van der Waals surface area (Å²) >= 11 is -2.21. The van der Waals surface area contributed by atoms with E-state index in [1.54, 1.807) is 0 Å². The first kappa shape index (κ1) is 7.54. The number of hydrogen-bond donors (Lipinski definition) is 3. The number of nitrogens with two attached hydrogens (primary N) is 2. The molecule has 1 unspecified atom stereocenters. The van der Waals surface area contributed by atoms with E-state index in [-0.39, 0.29) is 12.4 Å². The van der Waals surface area contributed by atoms with Crippen molar-refractivity contribution in [2.45, 2.75) is 0 Å². The van der Waals surface area contributed by atoms with E-state index in [9.17, 15) is 4.21 Å². The van der Waals surface area contributed by atoms with Gasteiger partial charge in [-0.1, -0.05) is 0 Å². The molecule has 0 heterocycles. The minimum absolute atomic E-state index is 0.00625.